The largest absolute Gasteiger partial charge is 0.497 e. The SMILES string of the molecule is COc1ccc(OC)c(NC(=O)Cn2cnc(S(=O)(=O)N3CCCC3)c2)c1. The molecule has 27 heavy (non-hydrogen) atoms. The Morgan fingerprint density at radius 1 is 1.22 bits per heavy atom. The molecule has 1 amide bonds. The van der Waals surface area contributed by atoms with E-state index >= 15 is 0 Å². The minimum atomic E-state index is -3.60. The van der Waals surface area contributed by atoms with Crippen molar-refractivity contribution in [2.24, 2.45) is 0 Å². The van der Waals surface area contributed by atoms with Crippen LogP contribution in [0.5, 0.6) is 11.5 Å². The molecule has 0 spiro atoms. The van der Waals surface area contributed by atoms with Gasteiger partial charge in [0, 0.05) is 25.4 Å². The van der Waals surface area contributed by atoms with Crippen molar-refractivity contribution in [3.05, 3.63) is 30.7 Å². The zero-order valence-corrected chi connectivity index (χ0v) is 16.0. The Balaban J connectivity index is 1.70. The Labute approximate surface area is 158 Å². The van der Waals surface area contributed by atoms with Crippen molar-refractivity contribution >= 4 is 21.6 Å². The maximum absolute atomic E-state index is 12.5. The normalized spacial score (nSPS) is 14.9. The summed E-state index contributed by atoms with van der Waals surface area (Å²) in [5.74, 6) is 0.726. The molecule has 0 atom stereocenters. The Morgan fingerprint density at radius 3 is 2.63 bits per heavy atom. The summed E-state index contributed by atoms with van der Waals surface area (Å²) in [4.78, 5) is 16.3. The fourth-order valence-corrected chi connectivity index (χ4v) is 4.34. The van der Waals surface area contributed by atoms with Crippen LogP contribution in [0, 0.1) is 0 Å². The number of methoxy groups -OCH3 is 2. The first-order valence-electron chi connectivity index (χ1n) is 8.48. The van der Waals surface area contributed by atoms with Crippen LogP contribution in [0.3, 0.4) is 0 Å². The van der Waals surface area contributed by atoms with Crippen molar-refractivity contribution in [1.29, 1.82) is 0 Å². The van der Waals surface area contributed by atoms with Crippen molar-refractivity contribution in [2.45, 2.75) is 24.4 Å². The summed E-state index contributed by atoms with van der Waals surface area (Å²) in [6, 6.07) is 5.06. The molecule has 0 aliphatic carbocycles. The van der Waals surface area contributed by atoms with Gasteiger partial charge >= 0.3 is 0 Å². The first-order valence-corrected chi connectivity index (χ1v) is 9.92. The first-order chi connectivity index (χ1) is 12.9. The number of ether oxygens (including phenoxy) is 2. The number of hydrogen-bond donors (Lipinski definition) is 1. The van der Waals surface area contributed by atoms with Gasteiger partial charge in [-0.3, -0.25) is 4.79 Å². The molecule has 9 nitrogen and oxygen atoms in total. The first kappa shape index (κ1) is 19.2. The Bertz CT molecular complexity index is 919. The second kappa shape index (κ2) is 7.97. The number of amides is 1. The highest BCUT2D eigenvalue weighted by molar-refractivity contribution is 7.89. The van der Waals surface area contributed by atoms with Gasteiger partial charge in [-0.1, -0.05) is 0 Å². The van der Waals surface area contributed by atoms with E-state index in [-0.39, 0.29) is 17.5 Å². The van der Waals surface area contributed by atoms with Crippen molar-refractivity contribution in [3.63, 3.8) is 0 Å². The number of hydrogen-bond acceptors (Lipinski definition) is 6. The van der Waals surface area contributed by atoms with Gasteiger partial charge in [-0.05, 0) is 25.0 Å². The van der Waals surface area contributed by atoms with Crippen LogP contribution in [0.2, 0.25) is 0 Å². The number of anilines is 1. The van der Waals surface area contributed by atoms with E-state index in [0.717, 1.165) is 12.8 Å². The number of aromatic nitrogens is 2. The zero-order valence-electron chi connectivity index (χ0n) is 15.2. The van der Waals surface area contributed by atoms with E-state index in [1.807, 2.05) is 0 Å². The number of imidazole rings is 1. The number of sulfonamides is 1. The number of rotatable bonds is 7. The summed E-state index contributed by atoms with van der Waals surface area (Å²) in [6.45, 7) is 0.930. The van der Waals surface area contributed by atoms with Crippen LogP contribution in [0.25, 0.3) is 0 Å². The minimum Gasteiger partial charge on any atom is -0.497 e. The van der Waals surface area contributed by atoms with Gasteiger partial charge in [0.1, 0.15) is 18.0 Å². The lowest BCUT2D eigenvalue weighted by Gasteiger charge is -2.13. The van der Waals surface area contributed by atoms with E-state index in [1.165, 1.54) is 35.6 Å². The van der Waals surface area contributed by atoms with Crippen molar-refractivity contribution in [2.75, 3.05) is 32.6 Å². The molecule has 1 fully saturated rings. The van der Waals surface area contributed by atoms with E-state index in [4.69, 9.17) is 9.47 Å². The van der Waals surface area contributed by atoms with Crippen LogP contribution in [0.15, 0.2) is 35.7 Å². The molecule has 0 saturated carbocycles. The molecule has 2 aromatic rings. The Kier molecular flexibility index (Phi) is 5.66. The number of benzene rings is 1. The third-order valence-electron chi connectivity index (χ3n) is 4.29. The minimum absolute atomic E-state index is 0.0452. The van der Waals surface area contributed by atoms with Crippen molar-refractivity contribution in [1.82, 2.24) is 13.9 Å². The molecule has 1 aromatic carbocycles. The molecule has 146 valence electrons. The Morgan fingerprint density at radius 2 is 1.96 bits per heavy atom. The second-order valence-electron chi connectivity index (χ2n) is 6.11. The molecule has 0 radical (unpaired) electrons. The highest BCUT2D eigenvalue weighted by atomic mass is 32.2. The van der Waals surface area contributed by atoms with Crippen LogP contribution in [0.1, 0.15) is 12.8 Å². The standard InChI is InChI=1S/C17H22N4O5S/c1-25-13-5-6-15(26-2)14(9-13)19-16(22)10-20-11-17(18-12-20)27(23,24)21-7-3-4-8-21/h5-6,9,11-12H,3-4,7-8,10H2,1-2H3,(H,19,22). The summed E-state index contributed by atoms with van der Waals surface area (Å²) in [7, 11) is -0.567. The van der Waals surface area contributed by atoms with Crippen LogP contribution >= 0.6 is 0 Å². The Hall–Kier alpha value is -2.59. The topological polar surface area (TPSA) is 103 Å². The van der Waals surface area contributed by atoms with E-state index in [0.29, 0.717) is 30.3 Å². The number of carbonyl (C=O) groups is 1. The summed E-state index contributed by atoms with van der Waals surface area (Å²) in [5.41, 5.74) is 0.465. The maximum Gasteiger partial charge on any atom is 0.262 e. The number of carbonyl (C=O) groups excluding carboxylic acids is 1. The van der Waals surface area contributed by atoms with E-state index in [9.17, 15) is 13.2 Å². The molecular weight excluding hydrogens is 372 g/mol. The zero-order chi connectivity index (χ0) is 19.4. The van der Waals surface area contributed by atoms with Crippen LogP contribution in [-0.4, -0.2) is 55.5 Å². The van der Waals surface area contributed by atoms with Gasteiger partial charge < -0.3 is 19.4 Å². The maximum atomic E-state index is 12.5. The van der Waals surface area contributed by atoms with Gasteiger partial charge in [0.25, 0.3) is 10.0 Å². The lowest BCUT2D eigenvalue weighted by Crippen LogP contribution is -2.28. The second-order valence-corrected chi connectivity index (χ2v) is 7.99. The molecule has 1 aliphatic heterocycles. The van der Waals surface area contributed by atoms with Crippen LogP contribution < -0.4 is 14.8 Å². The van der Waals surface area contributed by atoms with Gasteiger partial charge in [0.05, 0.1) is 26.2 Å². The summed E-state index contributed by atoms with van der Waals surface area (Å²) >= 11 is 0. The van der Waals surface area contributed by atoms with Gasteiger partial charge in [0.2, 0.25) is 5.91 Å². The molecule has 3 rings (SSSR count). The number of nitrogens with zero attached hydrogens (tertiary/aromatic N) is 3. The quantitative estimate of drug-likeness (QED) is 0.760. The monoisotopic (exact) mass is 394 g/mol. The predicted molar refractivity (Wildman–Crippen MR) is 98.4 cm³/mol. The van der Waals surface area contributed by atoms with Gasteiger partial charge in [-0.25, -0.2) is 13.4 Å². The molecule has 1 N–H and O–H groups in total. The lowest BCUT2D eigenvalue weighted by atomic mass is 10.2. The number of nitrogens with one attached hydrogen (secondary N) is 1. The fourth-order valence-electron chi connectivity index (χ4n) is 2.89. The van der Waals surface area contributed by atoms with Crippen molar-refractivity contribution < 1.29 is 22.7 Å². The molecule has 0 bridgehead atoms. The third kappa shape index (κ3) is 4.22. The highest BCUT2D eigenvalue weighted by Crippen LogP contribution is 2.29. The lowest BCUT2D eigenvalue weighted by molar-refractivity contribution is -0.116. The summed E-state index contributed by atoms with van der Waals surface area (Å²) in [6.07, 6.45) is 4.41. The molecule has 1 saturated heterocycles. The highest BCUT2D eigenvalue weighted by Gasteiger charge is 2.29. The molecule has 1 aromatic heterocycles. The third-order valence-corrected chi connectivity index (χ3v) is 6.07. The molecule has 1 aliphatic rings. The smallest absolute Gasteiger partial charge is 0.262 e. The molecule has 2 heterocycles. The van der Waals surface area contributed by atoms with Crippen molar-refractivity contribution in [3.8, 4) is 11.5 Å². The van der Waals surface area contributed by atoms with E-state index < -0.39 is 10.0 Å². The van der Waals surface area contributed by atoms with E-state index in [2.05, 4.69) is 10.3 Å². The average molecular weight is 394 g/mol. The van der Waals surface area contributed by atoms with Gasteiger partial charge in [-0.15, -0.1) is 0 Å². The summed E-state index contributed by atoms with van der Waals surface area (Å²) in [5, 5.41) is 2.69. The van der Waals surface area contributed by atoms with Gasteiger partial charge in [-0.2, -0.15) is 4.31 Å². The fraction of sp³-hybridized carbons (Fsp3) is 0.412. The van der Waals surface area contributed by atoms with Crippen LogP contribution in [-0.2, 0) is 21.4 Å². The average Bonchev–Trinajstić information content (AvgIpc) is 3.34. The summed E-state index contributed by atoms with van der Waals surface area (Å²) < 4.78 is 38.2. The molecule has 10 heteroatoms. The molecular formula is C17H22N4O5S. The van der Waals surface area contributed by atoms with E-state index in [1.54, 1.807) is 18.2 Å². The predicted octanol–water partition coefficient (Wildman–Crippen LogP) is 1.32. The van der Waals surface area contributed by atoms with Crippen LogP contribution in [0.4, 0.5) is 5.69 Å². The molecule has 0 unspecified atom stereocenters. The van der Waals surface area contributed by atoms with Gasteiger partial charge in [0.15, 0.2) is 5.03 Å².